The van der Waals surface area contributed by atoms with Crippen LogP contribution < -0.4 is 0 Å². The van der Waals surface area contributed by atoms with Crippen molar-refractivity contribution in [3.8, 4) is 6.07 Å². The molecule has 0 aliphatic heterocycles. The average molecular weight is 290 g/mol. The zero-order chi connectivity index (χ0) is 15.8. The maximum atomic E-state index is 9.39. The third kappa shape index (κ3) is 3.69. The third-order valence-corrected chi connectivity index (χ3v) is 3.41. The van der Waals surface area contributed by atoms with Gasteiger partial charge in [0.2, 0.25) is 0 Å². The first-order chi connectivity index (χ1) is 10.8. The zero-order valence-electron chi connectivity index (χ0n) is 12.3. The van der Waals surface area contributed by atoms with Gasteiger partial charge >= 0.3 is 0 Å². The van der Waals surface area contributed by atoms with E-state index in [-0.39, 0.29) is 12.5 Å². The number of benzene rings is 2. The van der Waals surface area contributed by atoms with Gasteiger partial charge in [0.15, 0.2) is 0 Å². The number of rotatable bonds is 6. The van der Waals surface area contributed by atoms with Crippen molar-refractivity contribution in [2.45, 2.75) is 6.04 Å². The van der Waals surface area contributed by atoms with Crippen LogP contribution in [0.4, 0.5) is 0 Å². The van der Waals surface area contributed by atoms with Gasteiger partial charge in [0.1, 0.15) is 6.04 Å². The van der Waals surface area contributed by atoms with Gasteiger partial charge < -0.3 is 5.11 Å². The quantitative estimate of drug-likeness (QED) is 0.656. The van der Waals surface area contributed by atoms with Crippen LogP contribution in [0.1, 0.15) is 11.1 Å². The molecule has 0 bridgehead atoms. The van der Waals surface area contributed by atoms with E-state index >= 15 is 0 Å². The summed E-state index contributed by atoms with van der Waals surface area (Å²) in [5.41, 5.74) is 2.62. The first-order valence-electron chi connectivity index (χ1n) is 7.11. The Labute approximate surface area is 130 Å². The van der Waals surface area contributed by atoms with Crippen LogP contribution in [-0.4, -0.2) is 23.5 Å². The number of hydrogen-bond acceptors (Lipinski definition) is 3. The SMILES string of the molecule is C=CC(CO)C(C#N)N=C(c1ccccc1)c1ccccc1. The van der Waals surface area contributed by atoms with Crippen LogP contribution in [0.25, 0.3) is 0 Å². The van der Waals surface area contributed by atoms with Crippen molar-refractivity contribution in [1.82, 2.24) is 0 Å². The molecule has 0 amide bonds. The largest absolute Gasteiger partial charge is 0.396 e. The smallest absolute Gasteiger partial charge is 0.145 e. The molecule has 0 saturated heterocycles. The van der Waals surface area contributed by atoms with Gasteiger partial charge in [-0.25, -0.2) is 0 Å². The van der Waals surface area contributed by atoms with Gasteiger partial charge in [-0.15, -0.1) is 6.58 Å². The molecule has 0 aromatic heterocycles. The van der Waals surface area contributed by atoms with Gasteiger partial charge in [0.25, 0.3) is 0 Å². The molecule has 2 unspecified atom stereocenters. The van der Waals surface area contributed by atoms with E-state index in [1.807, 2.05) is 60.7 Å². The van der Waals surface area contributed by atoms with Gasteiger partial charge in [0.05, 0.1) is 18.4 Å². The van der Waals surface area contributed by atoms with Crippen molar-refractivity contribution in [3.63, 3.8) is 0 Å². The highest BCUT2D eigenvalue weighted by Gasteiger charge is 2.18. The highest BCUT2D eigenvalue weighted by molar-refractivity contribution is 6.13. The minimum atomic E-state index is -0.669. The predicted molar refractivity (Wildman–Crippen MR) is 88.7 cm³/mol. The number of aliphatic hydroxyl groups excluding tert-OH is 1. The fourth-order valence-corrected chi connectivity index (χ4v) is 2.17. The molecule has 110 valence electrons. The lowest BCUT2D eigenvalue weighted by molar-refractivity contribution is 0.246. The van der Waals surface area contributed by atoms with Crippen LogP contribution in [0.2, 0.25) is 0 Å². The molecule has 0 heterocycles. The molecule has 0 aliphatic carbocycles. The third-order valence-electron chi connectivity index (χ3n) is 3.41. The minimum absolute atomic E-state index is 0.151. The van der Waals surface area contributed by atoms with E-state index in [0.29, 0.717) is 0 Å². The van der Waals surface area contributed by atoms with Gasteiger partial charge in [-0.3, -0.25) is 4.99 Å². The number of nitriles is 1. The normalized spacial score (nSPS) is 12.7. The van der Waals surface area contributed by atoms with E-state index in [4.69, 9.17) is 0 Å². The van der Waals surface area contributed by atoms with E-state index < -0.39 is 6.04 Å². The number of aliphatic hydroxyl groups is 1. The second kappa shape index (κ2) is 7.92. The number of aliphatic imine (C=N–C) groups is 1. The summed E-state index contributed by atoms with van der Waals surface area (Å²) in [5.74, 6) is -0.382. The maximum Gasteiger partial charge on any atom is 0.145 e. The van der Waals surface area contributed by atoms with E-state index in [0.717, 1.165) is 16.8 Å². The summed E-state index contributed by atoms with van der Waals surface area (Å²) in [6, 6.07) is 21.0. The molecule has 3 heteroatoms. The summed E-state index contributed by atoms with van der Waals surface area (Å²) in [7, 11) is 0. The van der Waals surface area contributed by atoms with E-state index in [1.54, 1.807) is 6.08 Å². The zero-order valence-corrected chi connectivity index (χ0v) is 12.3. The van der Waals surface area contributed by atoms with Gasteiger partial charge in [-0.2, -0.15) is 5.26 Å². The Bertz CT molecular complexity index is 630. The van der Waals surface area contributed by atoms with Crippen LogP contribution in [-0.2, 0) is 0 Å². The standard InChI is InChI=1S/C19H18N2O/c1-2-15(14-22)18(13-20)21-19(16-9-5-3-6-10-16)17-11-7-4-8-12-17/h2-12,15,18,22H,1,14H2. The topological polar surface area (TPSA) is 56.4 Å². The Hall–Kier alpha value is -2.70. The van der Waals surface area contributed by atoms with E-state index in [9.17, 15) is 10.4 Å². The molecular formula is C19H18N2O. The number of hydrogen-bond donors (Lipinski definition) is 1. The molecular weight excluding hydrogens is 272 g/mol. The lowest BCUT2D eigenvalue weighted by atomic mass is 9.99. The first kappa shape index (κ1) is 15.7. The summed E-state index contributed by atoms with van der Waals surface area (Å²) in [4.78, 5) is 4.60. The van der Waals surface area contributed by atoms with E-state index in [2.05, 4.69) is 17.6 Å². The van der Waals surface area contributed by atoms with Crippen molar-refractivity contribution in [3.05, 3.63) is 84.4 Å². The summed E-state index contributed by atoms with van der Waals surface area (Å²) in [6.07, 6.45) is 1.57. The molecule has 1 N–H and O–H groups in total. The highest BCUT2D eigenvalue weighted by atomic mass is 16.3. The fraction of sp³-hybridized carbons (Fsp3) is 0.158. The predicted octanol–water partition coefficient (Wildman–Crippen LogP) is 3.21. The molecule has 0 fully saturated rings. The Morgan fingerprint density at radius 2 is 1.59 bits per heavy atom. The summed E-state index contributed by atoms with van der Waals surface area (Å²) in [5, 5.41) is 18.8. The van der Waals surface area contributed by atoms with Crippen LogP contribution in [0.5, 0.6) is 0 Å². The molecule has 0 radical (unpaired) electrons. The maximum absolute atomic E-state index is 9.39. The van der Waals surface area contributed by atoms with Crippen LogP contribution in [0, 0.1) is 17.2 Å². The average Bonchev–Trinajstić information content (AvgIpc) is 2.60. The van der Waals surface area contributed by atoms with E-state index in [1.165, 1.54) is 0 Å². The Balaban J connectivity index is 2.51. The molecule has 3 nitrogen and oxygen atoms in total. The second-order valence-corrected chi connectivity index (χ2v) is 4.87. The van der Waals surface area contributed by atoms with Crippen LogP contribution >= 0.6 is 0 Å². The number of nitrogens with zero attached hydrogens (tertiary/aromatic N) is 2. The minimum Gasteiger partial charge on any atom is -0.396 e. The van der Waals surface area contributed by atoms with Gasteiger partial charge in [0, 0.05) is 17.0 Å². The first-order valence-corrected chi connectivity index (χ1v) is 7.11. The van der Waals surface area contributed by atoms with Crippen molar-refractivity contribution < 1.29 is 5.11 Å². The van der Waals surface area contributed by atoms with Gasteiger partial charge in [-0.05, 0) is 0 Å². The molecule has 0 saturated carbocycles. The molecule has 2 rings (SSSR count). The van der Waals surface area contributed by atoms with Crippen molar-refractivity contribution in [2.24, 2.45) is 10.9 Å². The summed E-state index contributed by atoms with van der Waals surface area (Å²) < 4.78 is 0. The molecule has 2 atom stereocenters. The Kier molecular flexibility index (Phi) is 5.65. The lowest BCUT2D eigenvalue weighted by Gasteiger charge is -2.15. The lowest BCUT2D eigenvalue weighted by Crippen LogP contribution is -2.21. The Morgan fingerprint density at radius 1 is 1.09 bits per heavy atom. The molecule has 0 spiro atoms. The van der Waals surface area contributed by atoms with Crippen molar-refractivity contribution >= 4 is 5.71 Å². The van der Waals surface area contributed by atoms with Crippen LogP contribution in [0.3, 0.4) is 0 Å². The second-order valence-electron chi connectivity index (χ2n) is 4.87. The van der Waals surface area contributed by atoms with Gasteiger partial charge in [-0.1, -0.05) is 66.7 Å². The van der Waals surface area contributed by atoms with Crippen molar-refractivity contribution in [1.29, 1.82) is 5.26 Å². The molecule has 2 aromatic carbocycles. The summed E-state index contributed by atoms with van der Waals surface area (Å²) in [6.45, 7) is 3.52. The Morgan fingerprint density at radius 3 is 1.95 bits per heavy atom. The molecule has 2 aromatic rings. The fourth-order valence-electron chi connectivity index (χ4n) is 2.17. The van der Waals surface area contributed by atoms with Crippen LogP contribution in [0.15, 0.2) is 78.3 Å². The summed E-state index contributed by atoms with van der Waals surface area (Å²) >= 11 is 0. The molecule has 0 aliphatic rings. The van der Waals surface area contributed by atoms with Crippen molar-refractivity contribution in [2.75, 3.05) is 6.61 Å². The monoisotopic (exact) mass is 290 g/mol. The highest BCUT2D eigenvalue weighted by Crippen LogP contribution is 2.15. The molecule has 22 heavy (non-hydrogen) atoms.